The van der Waals surface area contributed by atoms with E-state index in [1.807, 2.05) is 12.1 Å². The maximum atomic E-state index is 11.4. The third kappa shape index (κ3) is 3.03. The van der Waals surface area contributed by atoms with Crippen molar-refractivity contribution >= 4 is 17.5 Å². The summed E-state index contributed by atoms with van der Waals surface area (Å²) in [5, 5.41) is 0. The minimum absolute atomic E-state index is 0.354. The number of ether oxygens (including phenoxy) is 1. The molecule has 3 rings (SSSR count). The van der Waals surface area contributed by atoms with Crippen LogP contribution in [0.2, 0.25) is 0 Å². The number of para-hydroxylation sites is 1. The molecule has 2 heterocycles. The van der Waals surface area contributed by atoms with Crippen molar-refractivity contribution in [2.75, 3.05) is 43.1 Å². The van der Waals surface area contributed by atoms with Crippen molar-refractivity contribution in [1.82, 2.24) is 4.98 Å². The average molecular weight is 297 g/mol. The number of nitrogens with zero attached hydrogens (tertiary/aromatic N) is 3. The maximum absolute atomic E-state index is 11.4. The number of anilines is 2. The fourth-order valence-corrected chi connectivity index (χ4v) is 2.64. The van der Waals surface area contributed by atoms with Crippen LogP contribution in [0.3, 0.4) is 0 Å². The molecule has 1 aromatic carbocycles. The molecule has 0 spiro atoms. The summed E-state index contributed by atoms with van der Waals surface area (Å²) >= 11 is 0. The summed E-state index contributed by atoms with van der Waals surface area (Å²) in [6.07, 6.45) is 1.57. The molecular weight excluding hydrogens is 278 g/mol. The predicted molar refractivity (Wildman–Crippen MR) is 86.4 cm³/mol. The summed E-state index contributed by atoms with van der Waals surface area (Å²) in [5.74, 6) is 0.549. The Morgan fingerprint density at radius 3 is 2.27 bits per heavy atom. The molecule has 1 aliphatic rings. The molecular formula is C17H19N3O2. The molecule has 0 aliphatic carbocycles. The highest BCUT2D eigenvalue weighted by Crippen LogP contribution is 2.19. The van der Waals surface area contributed by atoms with E-state index in [-0.39, 0.29) is 5.97 Å². The zero-order valence-electron chi connectivity index (χ0n) is 12.6. The minimum Gasteiger partial charge on any atom is -0.465 e. The Bertz CT molecular complexity index is 620. The lowest BCUT2D eigenvalue weighted by atomic mass is 10.2. The second kappa shape index (κ2) is 6.47. The zero-order valence-corrected chi connectivity index (χ0v) is 12.6. The highest BCUT2D eigenvalue weighted by Gasteiger charge is 2.18. The highest BCUT2D eigenvalue weighted by atomic mass is 16.5. The summed E-state index contributed by atoms with van der Waals surface area (Å²) in [4.78, 5) is 20.4. The molecule has 0 N–H and O–H groups in total. The van der Waals surface area contributed by atoms with Crippen LogP contribution in [-0.2, 0) is 4.74 Å². The van der Waals surface area contributed by atoms with Crippen molar-refractivity contribution in [1.29, 1.82) is 0 Å². The van der Waals surface area contributed by atoms with E-state index in [9.17, 15) is 4.79 Å². The van der Waals surface area contributed by atoms with Gasteiger partial charge in [0, 0.05) is 38.1 Å². The third-order valence-corrected chi connectivity index (χ3v) is 3.89. The van der Waals surface area contributed by atoms with Crippen LogP contribution in [0.5, 0.6) is 0 Å². The van der Waals surface area contributed by atoms with Gasteiger partial charge in [0.2, 0.25) is 0 Å². The van der Waals surface area contributed by atoms with Crippen LogP contribution in [0.1, 0.15) is 10.4 Å². The van der Waals surface area contributed by atoms with Crippen LogP contribution in [-0.4, -0.2) is 44.2 Å². The molecule has 0 saturated carbocycles. The SMILES string of the molecule is COC(=O)c1ccc(N2CCN(c3ccccc3)CC2)nc1. The van der Waals surface area contributed by atoms with Crippen LogP contribution >= 0.6 is 0 Å². The Morgan fingerprint density at radius 2 is 1.68 bits per heavy atom. The van der Waals surface area contributed by atoms with E-state index in [2.05, 4.69) is 43.8 Å². The first-order valence-corrected chi connectivity index (χ1v) is 7.37. The number of hydrogen-bond donors (Lipinski definition) is 0. The topological polar surface area (TPSA) is 45.7 Å². The van der Waals surface area contributed by atoms with Crippen molar-refractivity contribution in [3.63, 3.8) is 0 Å². The first kappa shape index (κ1) is 14.4. The van der Waals surface area contributed by atoms with Gasteiger partial charge in [-0.05, 0) is 24.3 Å². The number of rotatable bonds is 3. The smallest absolute Gasteiger partial charge is 0.339 e. The number of benzene rings is 1. The van der Waals surface area contributed by atoms with Gasteiger partial charge in [0.15, 0.2) is 0 Å². The molecule has 1 saturated heterocycles. The van der Waals surface area contributed by atoms with Gasteiger partial charge in [-0.2, -0.15) is 0 Å². The Kier molecular flexibility index (Phi) is 4.23. The summed E-state index contributed by atoms with van der Waals surface area (Å²) in [6, 6.07) is 14.1. The van der Waals surface area contributed by atoms with Gasteiger partial charge >= 0.3 is 5.97 Å². The standard InChI is InChI=1S/C17H19N3O2/c1-22-17(21)14-7-8-16(18-13-14)20-11-9-19(10-12-20)15-5-3-2-4-6-15/h2-8,13H,9-12H2,1H3. The quantitative estimate of drug-likeness (QED) is 0.813. The van der Waals surface area contributed by atoms with Gasteiger partial charge in [0.1, 0.15) is 5.82 Å². The number of piperazine rings is 1. The highest BCUT2D eigenvalue weighted by molar-refractivity contribution is 5.89. The fraction of sp³-hybridized carbons (Fsp3) is 0.294. The van der Waals surface area contributed by atoms with E-state index >= 15 is 0 Å². The number of pyridine rings is 1. The zero-order chi connectivity index (χ0) is 15.4. The molecule has 0 amide bonds. The third-order valence-electron chi connectivity index (χ3n) is 3.89. The fourth-order valence-electron chi connectivity index (χ4n) is 2.64. The normalized spacial score (nSPS) is 14.8. The van der Waals surface area contributed by atoms with Crippen molar-refractivity contribution in [3.8, 4) is 0 Å². The molecule has 1 fully saturated rings. The molecule has 5 nitrogen and oxygen atoms in total. The van der Waals surface area contributed by atoms with Gasteiger partial charge in [0.05, 0.1) is 12.7 Å². The van der Waals surface area contributed by atoms with Crippen molar-refractivity contribution in [2.24, 2.45) is 0 Å². The molecule has 0 unspecified atom stereocenters. The monoisotopic (exact) mass is 297 g/mol. The Balaban J connectivity index is 1.63. The summed E-state index contributed by atoms with van der Waals surface area (Å²) in [7, 11) is 1.37. The van der Waals surface area contributed by atoms with Gasteiger partial charge in [0.25, 0.3) is 0 Å². The van der Waals surface area contributed by atoms with Crippen LogP contribution < -0.4 is 9.80 Å². The van der Waals surface area contributed by atoms with E-state index in [1.165, 1.54) is 12.8 Å². The van der Waals surface area contributed by atoms with E-state index in [4.69, 9.17) is 0 Å². The van der Waals surface area contributed by atoms with Gasteiger partial charge in [-0.15, -0.1) is 0 Å². The second-order valence-corrected chi connectivity index (χ2v) is 5.21. The number of carbonyl (C=O) groups excluding carboxylic acids is 1. The van der Waals surface area contributed by atoms with Crippen LogP contribution in [0.15, 0.2) is 48.7 Å². The number of carbonyl (C=O) groups is 1. The first-order chi connectivity index (χ1) is 10.8. The first-order valence-electron chi connectivity index (χ1n) is 7.37. The summed E-state index contributed by atoms with van der Waals surface area (Å²) in [5.41, 5.74) is 1.74. The average Bonchev–Trinajstić information content (AvgIpc) is 2.62. The number of aromatic nitrogens is 1. The second-order valence-electron chi connectivity index (χ2n) is 5.21. The van der Waals surface area contributed by atoms with Crippen LogP contribution in [0, 0.1) is 0 Å². The number of esters is 1. The Hall–Kier alpha value is -2.56. The number of hydrogen-bond acceptors (Lipinski definition) is 5. The molecule has 22 heavy (non-hydrogen) atoms. The molecule has 0 atom stereocenters. The predicted octanol–water partition coefficient (Wildman–Crippen LogP) is 2.19. The molecule has 114 valence electrons. The van der Waals surface area contributed by atoms with Crippen molar-refractivity contribution < 1.29 is 9.53 Å². The van der Waals surface area contributed by atoms with E-state index in [0.717, 1.165) is 32.0 Å². The number of methoxy groups -OCH3 is 1. The Labute approximate surface area is 130 Å². The van der Waals surface area contributed by atoms with Gasteiger partial charge in [-0.25, -0.2) is 9.78 Å². The minimum atomic E-state index is -0.354. The van der Waals surface area contributed by atoms with E-state index in [1.54, 1.807) is 12.3 Å². The largest absolute Gasteiger partial charge is 0.465 e. The van der Waals surface area contributed by atoms with Crippen molar-refractivity contribution in [2.45, 2.75) is 0 Å². The van der Waals surface area contributed by atoms with Crippen LogP contribution in [0.4, 0.5) is 11.5 Å². The van der Waals surface area contributed by atoms with Gasteiger partial charge in [-0.3, -0.25) is 0 Å². The molecule has 5 heteroatoms. The van der Waals surface area contributed by atoms with Crippen molar-refractivity contribution in [3.05, 3.63) is 54.2 Å². The lowest BCUT2D eigenvalue weighted by Crippen LogP contribution is -2.46. The van der Waals surface area contributed by atoms with Gasteiger partial charge in [-0.1, -0.05) is 18.2 Å². The lowest BCUT2D eigenvalue weighted by Gasteiger charge is -2.36. The van der Waals surface area contributed by atoms with Crippen LogP contribution in [0.25, 0.3) is 0 Å². The summed E-state index contributed by atoms with van der Waals surface area (Å²) in [6.45, 7) is 3.76. The van der Waals surface area contributed by atoms with Gasteiger partial charge < -0.3 is 14.5 Å². The molecule has 1 aliphatic heterocycles. The van der Waals surface area contributed by atoms with E-state index in [0.29, 0.717) is 5.56 Å². The maximum Gasteiger partial charge on any atom is 0.339 e. The van der Waals surface area contributed by atoms with E-state index < -0.39 is 0 Å². The lowest BCUT2D eigenvalue weighted by molar-refractivity contribution is 0.0600. The Morgan fingerprint density at radius 1 is 1.00 bits per heavy atom. The molecule has 0 radical (unpaired) electrons. The summed E-state index contributed by atoms with van der Waals surface area (Å²) < 4.78 is 4.69. The molecule has 1 aromatic heterocycles. The molecule has 0 bridgehead atoms. The molecule has 2 aromatic rings.